The molecular weight excluding hydrogens is 428 g/mol. The number of aliphatic hydroxyl groups is 2. The first-order valence-electron chi connectivity index (χ1n) is 11.8. The average Bonchev–Trinajstić information content (AvgIpc) is 2.61. The minimum atomic E-state index is -0.838. The maximum absolute atomic E-state index is 12.5. The van der Waals surface area contributed by atoms with Gasteiger partial charge in [-0.05, 0) is 111 Å². The second kappa shape index (κ2) is 11.8. The van der Waals surface area contributed by atoms with Crippen LogP contribution in [0.2, 0.25) is 0 Å². The topological polar surface area (TPSA) is 83.8 Å². The van der Waals surface area contributed by atoms with E-state index in [0.29, 0.717) is 11.3 Å². The Balaban J connectivity index is 0.000000445. The van der Waals surface area contributed by atoms with E-state index < -0.39 is 23.0 Å². The van der Waals surface area contributed by atoms with Crippen LogP contribution in [0.1, 0.15) is 90.7 Å². The molecule has 0 aliphatic carbocycles. The Labute approximate surface area is 205 Å². The van der Waals surface area contributed by atoms with Gasteiger partial charge >= 0.3 is 5.97 Å². The van der Waals surface area contributed by atoms with Crippen LogP contribution in [0.4, 0.5) is 0 Å². The summed E-state index contributed by atoms with van der Waals surface area (Å²) in [6, 6.07) is 7.66. The summed E-state index contributed by atoms with van der Waals surface area (Å²) < 4.78 is 5.40. The molecule has 0 aliphatic heterocycles. The maximum Gasteiger partial charge on any atom is 0.385 e. The minimum Gasteiger partial charge on any atom is -0.420 e. The van der Waals surface area contributed by atoms with E-state index in [1.807, 2.05) is 65.8 Å². The van der Waals surface area contributed by atoms with Crippen molar-refractivity contribution in [2.24, 2.45) is 0 Å². The number of hydrogen-bond donors (Lipinski definition) is 2. The summed E-state index contributed by atoms with van der Waals surface area (Å²) in [4.78, 5) is 24.8. The maximum atomic E-state index is 12.5. The van der Waals surface area contributed by atoms with Crippen molar-refractivity contribution < 1.29 is 24.5 Å². The lowest BCUT2D eigenvalue weighted by atomic mass is 9.95. The third-order valence-corrected chi connectivity index (χ3v) is 5.47. The highest BCUT2D eigenvalue weighted by Gasteiger charge is 2.24. The number of aryl methyl sites for hydroxylation is 6. The Morgan fingerprint density at radius 3 is 1.41 bits per heavy atom. The molecule has 0 aliphatic rings. The number of ketones is 1. The first-order valence-corrected chi connectivity index (χ1v) is 11.8. The van der Waals surface area contributed by atoms with E-state index >= 15 is 0 Å². The number of Topliss-reactive ketones (excluding diaryl/α,β-unsaturated/α-hetero) is 1. The second-order valence-corrected chi connectivity index (χ2v) is 10.7. The average molecular weight is 471 g/mol. The Bertz CT molecular complexity index is 960. The van der Waals surface area contributed by atoms with Gasteiger partial charge in [-0.3, -0.25) is 4.79 Å². The molecule has 5 heteroatoms. The van der Waals surface area contributed by atoms with Crippen molar-refractivity contribution in [3.8, 4) is 5.75 Å². The molecule has 0 unspecified atom stereocenters. The van der Waals surface area contributed by atoms with E-state index in [1.54, 1.807) is 27.7 Å². The van der Waals surface area contributed by atoms with Crippen molar-refractivity contribution in [1.29, 1.82) is 0 Å². The first kappa shape index (κ1) is 29.5. The number of esters is 1. The number of ether oxygens (including phenoxy) is 1. The molecule has 0 saturated heterocycles. The van der Waals surface area contributed by atoms with Crippen LogP contribution in [0, 0.1) is 41.5 Å². The summed E-state index contributed by atoms with van der Waals surface area (Å²) in [5.41, 5.74) is 4.69. The van der Waals surface area contributed by atoms with Crippen LogP contribution < -0.4 is 4.74 Å². The molecule has 0 radical (unpaired) electrons. The Kier molecular flexibility index (Phi) is 10.2. The summed E-state index contributed by atoms with van der Waals surface area (Å²) in [6.07, 6.45) is 2.36. The lowest BCUT2D eigenvalue weighted by Crippen LogP contribution is -2.23. The normalized spacial score (nSPS) is 11.5. The van der Waals surface area contributed by atoms with Gasteiger partial charge in [-0.25, -0.2) is 4.79 Å². The predicted molar refractivity (Wildman–Crippen MR) is 138 cm³/mol. The van der Waals surface area contributed by atoms with E-state index in [1.165, 1.54) is 0 Å². The lowest BCUT2D eigenvalue weighted by molar-refractivity contribution is -0.129. The third-order valence-electron chi connectivity index (χ3n) is 5.47. The standard InChI is InChI=1S/C20H22O3.C9H20O2/c1-11-7-13(3)17(14(4)8-11)18(21)20(22)23-19-15(5)9-12(2)10-16(19)6;1-8(2,10)6-5-7-9(3,4)11/h7-10H,1-6H3;10-11H,5-7H2,1-4H3. The van der Waals surface area contributed by atoms with Gasteiger partial charge in [0.15, 0.2) is 0 Å². The summed E-state index contributed by atoms with van der Waals surface area (Å²) >= 11 is 0. The highest BCUT2D eigenvalue weighted by molar-refractivity contribution is 6.41. The van der Waals surface area contributed by atoms with Crippen LogP contribution in [0.25, 0.3) is 0 Å². The summed E-state index contributed by atoms with van der Waals surface area (Å²) in [6.45, 7) is 18.5. The summed E-state index contributed by atoms with van der Waals surface area (Å²) in [5, 5.41) is 18.7. The van der Waals surface area contributed by atoms with Crippen LogP contribution in [0.3, 0.4) is 0 Å². The van der Waals surface area contributed by atoms with E-state index in [-0.39, 0.29) is 0 Å². The quantitative estimate of drug-likeness (QED) is 0.224. The molecule has 5 nitrogen and oxygen atoms in total. The van der Waals surface area contributed by atoms with Crippen LogP contribution in [-0.4, -0.2) is 33.2 Å². The molecule has 34 heavy (non-hydrogen) atoms. The van der Waals surface area contributed by atoms with Crippen LogP contribution >= 0.6 is 0 Å². The number of carbonyl (C=O) groups is 2. The number of rotatable bonds is 7. The molecule has 2 rings (SSSR count). The van der Waals surface area contributed by atoms with Crippen molar-refractivity contribution in [1.82, 2.24) is 0 Å². The molecule has 0 saturated carbocycles. The number of benzene rings is 2. The van der Waals surface area contributed by atoms with Gasteiger partial charge in [0.25, 0.3) is 5.78 Å². The van der Waals surface area contributed by atoms with Gasteiger partial charge in [-0.2, -0.15) is 0 Å². The number of carbonyl (C=O) groups excluding carboxylic acids is 2. The smallest absolute Gasteiger partial charge is 0.385 e. The molecular formula is C29H42O5. The van der Waals surface area contributed by atoms with Crippen LogP contribution in [0.5, 0.6) is 5.75 Å². The third kappa shape index (κ3) is 9.78. The van der Waals surface area contributed by atoms with Crippen molar-refractivity contribution >= 4 is 11.8 Å². The van der Waals surface area contributed by atoms with Crippen molar-refractivity contribution in [2.75, 3.05) is 0 Å². The van der Waals surface area contributed by atoms with Crippen molar-refractivity contribution in [3.63, 3.8) is 0 Å². The monoisotopic (exact) mass is 470 g/mol. The largest absolute Gasteiger partial charge is 0.420 e. The molecule has 0 aromatic heterocycles. The van der Waals surface area contributed by atoms with Crippen molar-refractivity contribution in [2.45, 2.75) is 99.7 Å². The molecule has 0 fully saturated rings. The van der Waals surface area contributed by atoms with Crippen LogP contribution in [0.15, 0.2) is 24.3 Å². The molecule has 2 N–H and O–H groups in total. The Hall–Kier alpha value is -2.50. The summed E-state index contributed by atoms with van der Waals surface area (Å²) in [7, 11) is 0. The zero-order valence-corrected chi connectivity index (χ0v) is 22.5. The highest BCUT2D eigenvalue weighted by Crippen LogP contribution is 2.26. The molecule has 2 aromatic carbocycles. The molecule has 0 spiro atoms. The van der Waals surface area contributed by atoms with Gasteiger partial charge in [-0.1, -0.05) is 35.4 Å². The first-order chi connectivity index (χ1) is 15.4. The van der Waals surface area contributed by atoms with E-state index in [4.69, 9.17) is 4.74 Å². The SMILES string of the molecule is CC(C)(O)CCCC(C)(C)O.Cc1cc(C)c(OC(=O)C(=O)c2c(C)cc(C)cc2C)c(C)c1. The van der Waals surface area contributed by atoms with Gasteiger partial charge in [0.2, 0.25) is 0 Å². The fourth-order valence-corrected chi connectivity index (χ4v) is 4.06. The van der Waals surface area contributed by atoms with E-state index in [0.717, 1.165) is 52.6 Å². The zero-order valence-electron chi connectivity index (χ0n) is 22.5. The second-order valence-electron chi connectivity index (χ2n) is 10.7. The lowest BCUT2D eigenvalue weighted by Gasteiger charge is -2.21. The van der Waals surface area contributed by atoms with Gasteiger partial charge < -0.3 is 14.9 Å². The van der Waals surface area contributed by atoms with Crippen molar-refractivity contribution in [3.05, 3.63) is 63.2 Å². The fourth-order valence-electron chi connectivity index (χ4n) is 4.06. The van der Waals surface area contributed by atoms with Gasteiger partial charge in [-0.15, -0.1) is 0 Å². The fraction of sp³-hybridized carbons (Fsp3) is 0.517. The van der Waals surface area contributed by atoms with E-state index in [2.05, 4.69) is 0 Å². The molecule has 0 heterocycles. The Morgan fingerprint density at radius 1 is 0.706 bits per heavy atom. The van der Waals surface area contributed by atoms with Gasteiger partial charge in [0.1, 0.15) is 5.75 Å². The zero-order chi connectivity index (χ0) is 26.4. The minimum absolute atomic E-state index is 0.433. The van der Waals surface area contributed by atoms with E-state index in [9.17, 15) is 19.8 Å². The van der Waals surface area contributed by atoms with Gasteiger partial charge in [0.05, 0.1) is 11.2 Å². The van der Waals surface area contributed by atoms with Crippen LogP contribution in [-0.2, 0) is 4.79 Å². The molecule has 188 valence electrons. The molecule has 2 aromatic rings. The Morgan fingerprint density at radius 2 is 1.06 bits per heavy atom. The molecule has 0 amide bonds. The molecule has 0 bridgehead atoms. The summed E-state index contributed by atoms with van der Waals surface area (Å²) in [5.74, 6) is -0.967. The number of hydrogen-bond acceptors (Lipinski definition) is 5. The molecule has 0 atom stereocenters. The van der Waals surface area contributed by atoms with Gasteiger partial charge in [0, 0.05) is 5.56 Å². The highest BCUT2D eigenvalue weighted by atomic mass is 16.5. The predicted octanol–water partition coefficient (Wildman–Crippen LogP) is 6.02.